The van der Waals surface area contributed by atoms with Crippen LogP contribution in [0.15, 0.2) is 22.7 Å². The van der Waals surface area contributed by atoms with E-state index in [9.17, 15) is 9.18 Å². The van der Waals surface area contributed by atoms with Crippen LogP contribution in [0.5, 0.6) is 0 Å². The van der Waals surface area contributed by atoms with Gasteiger partial charge in [0.1, 0.15) is 5.82 Å². The average molecular weight is 304 g/mol. The van der Waals surface area contributed by atoms with Crippen LogP contribution in [-0.2, 0) is 9.53 Å². The second-order valence-corrected chi connectivity index (χ2v) is 4.58. The van der Waals surface area contributed by atoms with E-state index in [1.807, 2.05) is 6.92 Å². The largest absolute Gasteiger partial charge is 0.469 e. The van der Waals surface area contributed by atoms with Crippen LogP contribution in [0, 0.1) is 5.82 Å². The first kappa shape index (κ1) is 14.1. The number of hydrogen-bond donors (Lipinski definition) is 1. The molecule has 0 aliphatic rings. The van der Waals surface area contributed by atoms with E-state index in [4.69, 9.17) is 0 Å². The summed E-state index contributed by atoms with van der Waals surface area (Å²) >= 11 is 3.20. The zero-order chi connectivity index (χ0) is 12.8. The van der Waals surface area contributed by atoms with E-state index >= 15 is 0 Å². The van der Waals surface area contributed by atoms with Gasteiger partial charge in [0, 0.05) is 22.6 Å². The van der Waals surface area contributed by atoms with Crippen molar-refractivity contribution in [2.45, 2.75) is 19.4 Å². The van der Waals surface area contributed by atoms with Crippen LogP contribution in [0.4, 0.5) is 4.39 Å². The quantitative estimate of drug-likeness (QED) is 0.850. The second-order valence-electron chi connectivity index (χ2n) is 3.67. The lowest BCUT2D eigenvalue weighted by Gasteiger charge is -2.14. The van der Waals surface area contributed by atoms with Crippen LogP contribution in [0.1, 0.15) is 24.9 Å². The molecule has 0 amide bonds. The van der Waals surface area contributed by atoms with E-state index in [2.05, 4.69) is 26.0 Å². The first-order valence-electron chi connectivity index (χ1n) is 5.29. The van der Waals surface area contributed by atoms with Crippen molar-refractivity contribution < 1.29 is 13.9 Å². The summed E-state index contributed by atoms with van der Waals surface area (Å²) in [6, 6.07) is 4.78. The molecule has 0 saturated heterocycles. The number of ether oxygens (including phenoxy) is 1. The first-order valence-corrected chi connectivity index (χ1v) is 6.09. The predicted molar refractivity (Wildman–Crippen MR) is 67.2 cm³/mol. The van der Waals surface area contributed by atoms with Gasteiger partial charge in [-0.15, -0.1) is 0 Å². The number of esters is 1. The van der Waals surface area contributed by atoms with Gasteiger partial charge in [-0.1, -0.05) is 22.0 Å². The van der Waals surface area contributed by atoms with Crippen LogP contribution in [0.2, 0.25) is 0 Å². The second kappa shape index (κ2) is 6.71. The highest BCUT2D eigenvalue weighted by Gasteiger charge is 2.11. The first-order chi connectivity index (χ1) is 8.04. The molecule has 0 fully saturated rings. The Morgan fingerprint density at radius 3 is 2.88 bits per heavy atom. The van der Waals surface area contributed by atoms with Gasteiger partial charge in [0.15, 0.2) is 0 Å². The van der Waals surface area contributed by atoms with Crippen molar-refractivity contribution in [3.8, 4) is 0 Å². The number of hydrogen-bond acceptors (Lipinski definition) is 3. The molecule has 1 aromatic carbocycles. The summed E-state index contributed by atoms with van der Waals surface area (Å²) in [4.78, 5) is 10.9. The van der Waals surface area contributed by atoms with E-state index < -0.39 is 0 Å². The van der Waals surface area contributed by atoms with Gasteiger partial charge in [0.2, 0.25) is 0 Å². The molecule has 0 bridgehead atoms. The minimum atomic E-state index is -0.277. The van der Waals surface area contributed by atoms with Gasteiger partial charge < -0.3 is 10.1 Å². The summed E-state index contributed by atoms with van der Waals surface area (Å²) in [5.41, 5.74) is 0.582. The van der Waals surface area contributed by atoms with Crippen LogP contribution in [-0.4, -0.2) is 19.6 Å². The molecule has 3 nitrogen and oxygen atoms in total. The smallest absolute Gasteiger partial charge is 0.306 e. The monoisotopic (exact) mass is 303 g/mol. The molecule has 0 aromatic heterocycles. The van der Waals surface area contributed by atoms with Gasteiger partial charge in [-0.25, -0.2) is 4.39 Å². The van der Waals surface area contributed by atoms with E-state index in [0.717, 1.165) is 0 Å². The Balaban J connectivity index is 2.52. The van der Waals surface area contributed by atoms with Crippen molar-refractivity contribution in [1.82, 2.24) is 5.32 Å². The number of benzene rings is 1. The van der Waals surface area contributed by atoms with Crippen LogP contribution in [0.3, 0.4) is 0 Å². The Bertz CT molecular complexity index is 398. The average Bonchev–Trinajstić information content (AvgIpc) is 2.28. The summed E-state index contributed by atoms with van der Waals surface area (Å²) in [5.74, 6) is -0.543. The highest BCUT2D eigenvalue weighted by atomic mass is 79.9. The van der Waals surface area contributed by atoms with Crippen molar-refractivity contribution in [3.05, 3.63) is 34.1 Å². The summed E-state index contributed by atoms with van der Waals surface area (Å²) < 4.78 is 18.8. The molecule has 1 N–H and O–H groups in total. The summed E-state index contributed by atoms with van der Waals surface area (Å²) in [5, 5.41) is 3.07. The molecule has 0 heterocycles. The zero-order valence-electron chi connectivity index (χ0n) is 9.80. The van der Waals surface area contributed by atoms with E-state index in [1.54, 1.807) is 12.1 Å². The molecule has 0 spiro atoms. The lowest BCUT2D eigenvalue weighted by atomic mass is 10.1. The number of methoxy groups -OCH3 is 1. The molecule has 0 aliphatic heterocycles. The van der Waals surface area contributed by atoms with Crippen molar-refractivity contribution in [2.24, 2.45) is 0 Å². The Kier molecular flexibility index (Phi) is 5.58. The molecule has 94 valence electrons. The third kappa shape index (κ3) is 4.44. The van der Waals surface area contributed by atoms with Crippen LogP contribution >= 0.6 is 15.9 Å². The maximum absolute atomic E-state index is 13.6. The van der Waals surface area contributed by atoms with Gasteiger partial charge in [-0.05, 0) is 19.1 Å². The van der Waals surface area contributed by atoms with Gasteiger partial charge in [-0.3, -0.25) is 4.79 Å². The van der Waals surface area contributed by atoms with E-state index in [1.165, 1.54) is 13.2 Å². The summed E-state index contributed by atoms with van der Waals surface area (Å²) in [7, 11) is 1.35. The van der Waals surface area contributed by atoms with Gasteiger partial charge >= 0.3 is 5.97 Å². The minimum absolute atomic E-state index is 0.146. The number of carbonyl (C=O) groups is 1. The lowest BCUT2D eigenvalue weighted by molar-refractivity contribution is -0.140. The van der Waals surface area contributed by atoms with Crippen molar-refractivity contribution >= 4 is 21.9 Å². The lowest BCUT2D eigenvalue weighted by Crippen LogP contribution is -2.23. The molecule has 17 heavy (non-hydrogen) atoms. The molecule has 1 rings (SSSR count). The standard InChI is InChI=1S/C12H15BrFNO2/c1-8(15-6-5-12(16)17-2)10-4-3-9(13)7-11(10)14/h3-4,7-8,15H,5-6H2,1-2H3. The molecule has 0 radical (unpaired) electrons. The van der Waals surface area contributed by atoms with E-state index in [0.29, 0.717) is 16.6 Å². The number of carbonyl (C=O) groups excluding carboxylic acids is 1. The maximum atomic E-state index is 13.6. The molecule has 1 aromatic rings. The Morgan fingerprint density at radius 2 is 2.29 bits per heavy atom. The molecule has 5 heteroatoms. The number of nitrogens with one attached hydrogen (secondary N) is 1. The number of halogens is 2. The summed E-state index contributed by atoms with van der Waals surface area (Å²) in [6.07, 6.45) is 0.277. The molecule has 1 atom stereocenters. The van der Waals surface area contributed by atoms with Gasteiger partial charge in [0.05, 0.1) is 13.5 Å². The van der Waals surface area contributed by atoms with Crippen molar-refractivity contribution in [3.63, 3.8) is 0 Å². The fourth-order valence-corrected chi connectivity index (χ4v) is 1.79. The summed E-state index contributed by atoms with van der Waals surface area (Å²) in [6.45, 7) is 2.31. The molecule has 0 aliphatic carbocycles. The number of rotatable bonds is 5. The Labute approximate surface area is 108 Å². The minimum Gasteiger partial charge on any atom is -0.469 e. The van der Waals surface area contributed by atoms with Crippen LogP contribution < -0.4 is 5.32 Å². The molecular weight excluding hydrogens is 289 g/mol. The topological polar surface area (TPSA) is 38.3 Å². The third-order valence-electron chi connectivity index (χ3n) is 2.44. The van der Waals surface area contributed by atoms with Gasteiger partial charge in [-0.2, -0.15) is 0 Å². The maximum Gasteiger partial charge on any atom is 0.306 e. The fourth-order valence-electron chi connectivity index (χ4n) is 1.46. The highest BCUT2D eigenvalue weighted by molar-refractivity contribution is 9.10. The molecule has 0 saturated carbocycles. The van der Waals surface area contributed by atoms with Crippen LogP contribution in [0.25, 0.3) is 0 Å². The van der Waals surface area contributed by atoms with Crippen molar-refractivity contribution in [2.75, 3.05) is 13.7 Å². The van der Waals surface area contributed by atoms with E-state index in [-0.39, 0.29) is 24.2 Å². The third-order valence-corrected chi connectivity index (χ3v) is 2.93. The fraction of sp³-hybridized carbons (Fsp3) is 0.417. The van der Waals surface area contributed by atoms with Gasteiger partial charge in [0.25, 0.3) is 0 Å². The Morgan fingerprint density at radius 1 is 1.59 bits per heavy atom. The molecule has 1 unspecified atom stereocenters. The highest BCUT2D eigenvalue weighted by Crippen LogP contribution is 2.20. The zero-order valence-corrected chi connectivity index (χ0v) is 11.4. The SMILES string of the molecule is COC(=O)CCNC(C)c1ccc(Br)cc1F. The molecular formula is C12H15BrFNO2. The predicted octanol–water partition coefficient (Wildman–Crippen LogP) is 2.80. The Hall–Kier alpha value is -0.940. The van der Waals surface area contributed by atoms with Crippen molar-refractivity contribution in [1.29, 1.82) is 0 Å². The normalized spacial score (nSPS) is 12.2.